The second kappa shape index (κ2) is 7.59. The second-order valence-corrected chi connectivity index (χ2v) is 6.39. The Morgan fingerprint density at radius 3 is 2.96 bits per heavy atom. The molecular weight excluding hydrogens is 350 g/mol. The lowest BCUT2D eigenvalue weighted by molar-refractivity contribution is 0.256. The SMILES string of the molecule is C=C(N[C@H](CO)c1cccc(Cl)c1)c1ccn(-c2nc(N)ncc2C)c1. The molecule has 3 rings (SSSR count). The van der Waals surface area contributed by atoms with Crippen LogP contribution in [-0.2, 0) is 0 Å². The molecule has 0 bridgehead atoms. The van der Waals surface area contributed by atoms with Crippen LogP contribution in [0.15, 0.2) is 55.5 Å². The second-order valence-electron chi connectivity index (χ2n) is 5.96. The van der Waals surface area contributed by atoms with Crippen molar-refractivity contribution in [2.45, 2.75) is 13.0 Å². The highest BCUT2D eigenvalue weighted by molar-refractivity contribution is 6.30. The monoisotopic (exact) mass is 369 g/mol. The van der Waals surface area contributed by atoms with E-state index in [1.54, 1.807) is 12.3 Å². The number of nitrogens with zero attached hydrogens (tertiary/aromatic N) is 3. The molecule has 0 saturated heterocycles. The number of aromatic nitrogens is 3. The number of nitrogens with one attached hydrogen (secondary N) is 1. The summed E-state index contributed by atoms with van der Waals surface area (Å²) in [4.78, 5) is 8.26. The van der Waals surface area contributed by atoms with Crippen molar-refractivity contribution >= 4 is 23.2 Å². The van der Waals surface area contributed by atoms with E-state index in [4.69, 9.17) is 17.3 Å². The first-order chi connectivity index (χ1) is 12.5. The van der Waals surface area contributed by atoms with Crippen molar-refractivity contribution < 1.29 is 5.11 Å². The minimum atomic E-state index is -0.305. The Bertz CT molecular complexity index is 937. The van der Waals surface area contributed by atoms with Crippen molar-refractivity contribution in [2.24, 2.45) is 0 Å². The van der Waals surface area contributed by atoms with Crippen LogP contribution in [0.25, 0.3) is 11.5 Å². The number of aliphatic hydroxyl groups excluding tert-OH is 1. The summed E-state index contributed by atoms with van der Waals surface area (Å²) in [7, 11) is 0. The maximum atomic E-state index is 9.73. The van der Waals surface area contributed by atoms with Gasteiger partial charge >= 0.3 is 0 Å². The molecule has 0 fully saturated rings. The Labute approximate surface area is 157 Å². The van der Waals surface area contributed by atoms with Crippen LogP contribution >= 0.6 is 11.6 Å². The number of benzene rings is 1. The lowest BCUT2D eigenvalue weighted by atomic mass is 10.1. The predicted octanol–water partition coefficient (Wildman–Crippen LogP) is 3.11. The van der Waals surface area contributed by atoms with E-state index in [0.29, 0.717) is 16.5 Å². The summed E-state index contributed by atoms with van der Waals surface area (Å²) in [5.41, 5.74) is 9.05. The molecule has 0 aliphatic rings. The summed E-state index contributed by atoms with van der Waals surface area (Å²) in [5.74, 6) is 0.934. The van der Waals surface area contributed by atoms with E-state index < -0.39 is 0 Å². The van der Waals surface area contributed by atoms with E-state index in [0.717, 1.165) is 16.7 Å². The largest absolute Gasteiger partial charge is 0.394 e. The van der Waals surface area contributed by atoms with E-state index in [1.165, 1.54) is 0 Å². The first-order valence-electron chi connectivity index (χ1n) is 8.07. The first-order valence-corrected chi connectivity index (χ1v) is 8.45. The van der Waals surface area contributed by atoms with Crippen LogP contribution in [0.5, 0.6) is 0 Å². The summed E-state index contributed by atoms with van der Waals surface area (Å²) in [6, 6.07) is 8.99. The molecule has 0 aliphatic heterocycles. The Morgan fingerprint density at radius 1 is 1.42 bits per heavy atom. The first kappa shape index (κ1) is 18.0. The molecule has 1 atom stereocenters. The minimum Gasteiger partial charge on any atom is -0.394 e. The molecule has 0 radical (unpaired) electrons. The molecule has 1 aromatic carbocycles. The van der Waals surface area contributed by atoms with Crippen LogP contribution in [0.2, 0.25) is 5.02 Å². The van der Waals surface area contributed by atoms with Crippen LogP contribution in [-0.4, -0.2) is 26.2 Å². The molecule has 26 heavy (non-hydrogen) atoms. The highest BCUT2D eigenvalue weighted by Crippen LogP contribution is 2.22. The number of nitrogens with two attached hydrogens (primary N) is 1. The van der Waals surface area contributed by atoms with Gasteiger partial charge in [0.05, 0.1) is 12.6 Å². The highest BCUT2D eigenvalue weighted by Gasteiger charge is 2.13. The number of anilines is 1. The van der Waals surface area contributed by atoms with Gasteiger partial charge in [0.1, 0.15) is 5.82 Å². The molecule has 3 aromatic rings. The maximum Gasteiger partial charge on any atom is 0.221 e. The normalized spacial score (nSPS) is 12.0. The third kappa shape index (κ3) is 3.87. The fourth-order valence-corrected chi connectivity index (χ4v) is 2.86. The van der Waals surface area contributed by atoms with Crippen LogP contribution in [0.3, 0.4) is 0 Å². The van der Waals surface area contributed by atoms with Gasteiger partial charge in [-0.1, -0.05) is 30.3 Å². The molecule has 0 aliphatic carbocycles. The van der Waals surface area contributed by atoms with Crippen LogP contribution in [0.1, 0.15) is 22.7 Å². The average Bonchev–Trinajstić information content (AvgIpc) is 3.11. The molecule has 0 spiro atoms. The van der Waals surface area contributed by atoms with Gasteiger partial charge in [0.25, 0.3) is 0 Å². The van der Waals surface area contributed by atoms with Crippen LogP contribution in [0.4, 0.5) is 5.95 Å². The maximum absolute atomic E-state index is 9.73. The number of hydrogen-bond donors (Lipinski definition) is 3. The smallest absolute Gasteiger partial charge is 0.221 e. The third-order valence-corrected chi connectivity index (χ3v) is 4.27. The molecule has 6 nitrogen and oxygen atoms in total. The Morgan fingerprint density at radius 2 is 2.23 bits per heavy atom. The zero-order valence-corrected chi connectivity index (χ0v) is 15.1. The zero-order chi connectivity index (χ0) is 18.7. The molecule has 134 valence electrons. The molecular formula is C19H20ClN5O. The topological polar surface area (TPSA) is 89.0 Å². The molecule has 4 N–H and O–H groups in total. The highest BCUT2D eigenvalue weighted by atomic mass is 35.5. The van der Waals surface area contributed by atoms with E-state index in [1.807, 2.05) is 48.1 Å². The van der Waals surface area contributed by atoms with Crippen molar-refractivity contribution in [3.63, 3.8) is 0 Å². The average molecular weight is 370 g/mol. The van der Waals surface area contributed by atoms with Gasteiger partial charge in [-0.25, -0.2) is 4.98 Å². The van der Waals surface area contributed by atoms with Gasteiger partial charge in [0.2, 0.25) is 5.95 Å². The van der Waals surface area contributed by atoms with Gasteiger partial charge in [-0.05, 0) is 30.7 Å². The number of rotatable bonds is 6. The number of hydrogen-bond acceptors (Lipinski definition) is 5. The van der Waals surface area contributed by atoms with E-state index in [-0.39, 0.29) is 18.6 Å². The molecule has 2 aromatic heterocycles. The van der Waals surface area contributed by atoms with Gasteiger partial charge in [0.15, 0.2) is 0 Å². The Balaban J connectivity index is 1.80. The molecule has 0 amide bonds. The summed E-state index contributed by atoms with van der Waals surface area (Å²) in [6.45, 7) is 5.92. The standard InChI is InChI=1S/C19H20ClN5O/c1-12-9-22-19(21)24-18(12)25-7-6-15(10-25)13(2)23-17(11-26)14-4-3-5-16(20)8-14/h3-10,17,23,26H,2,11H2,1H3,(H2,21,22,24)/t17-/m1/s1. The van der Waals surface area contributed by atoms with Crippen LogP contribution in [0, 0.1) is 6.92 Å². The quantitative estimate of drug-likeness (QED) is 0.621. The lowest BCUT2D eigenvalue weighted by Gasteiger charge is -2.19. The third-order valence-electron chi connectivity index (χ3n) is 4.03. The summed E-state index contributed by atoms with van der Waals surface area (Å²) in [5, 5.41) is 13.6. The lowest BCUT2D eigenvalue weighted by Crippen LogP contribution is -2.22. The number of nitrogen functional groups attached to an aromatic ring is 1. The Hall–Kier alpha value is -2.83. The predicted molar refractivity (Wildman–Crippen MR) is 104 cm³/mol. The molecule has 7 heteroatoms. The summed E-state index contributed by atoms with van der Waals surface area (Å²) < 4.78 is 1.86. The van der Waals surface area contributed by atoms with Gasteiger partial charge in [0, 0.05) is 40.4 Å². The molecule has 2 heterocycles. The van der Waals surface area contributed by atoms with E-state index in [9.17, 15) is 5.11 Å². The Kier molecular flexibility index (Phi) is 5.25. The number of halogens is 1. The van der Waals surface area contributed by atoms with Crippen molar-refractivity contribution in [1.29, 1.82) is 0 Å². The zero-order valence-electron chi connectivity index (χ0n) is 14.4. The fourth-order valence-electron chi connectivity index (χ4n) is 2.67. The van der Waals surface area contributed by atoms with Crippen molar-refractivity contribution in [2.75, 3.05) is 12.3 Å². The number of aryl methyl sites for hydroxylation is 1. The number of aliphatic hydroxyl groups is 1. The van der Waals surface area contributed by atoms with E-state index >= 15 is 0 Å². The minimum absolute atomic E-state index is 0.0817. The van der Waals surface area contributed by atoms with Gasteiger partial charge < -0.3 is 20.7 Å². The van der Waals surface area contributed by atoms with Crippen molar-refractivity contribution in [1.82, 2.24) is 19.9 Å². The van der Waals surface area contributed by atoms with E-state index in [2.05, 4.69) is 21.9 Å². The van der Waals surface area contributed by atoms with Crippen molar-refractivity contribution in [3.8, 4) is 5.82 Å². The summed E-state index contributed by atoms with van der Waals surface area (Å²) >= 11 is 6.04. The fraction of sp³-hybridized carbons (Fsp3) is 0.158. The van der Waals surface area contributed by atoms with Gasteiger partial charge in [-0.3, -0.25) is 0 Å². The molecule has 0 unspecified atom stereocenters. The van der Waals surface area contributed by atoms with Gasteiger partial charge in [-0.2, -0.15) is 4.98 Å². The van der Waals surface area contributed by atoms with Crippen molar-refractivity contribution in [3.05, 3.63) is 77.2 Å². The molecule has 0 saturated carbocycles. The van der Waals surface area contributed by atoms with Gasteiger partial charge in [-0.15, -0.1) is 0 Å². The summed E-state index contributed by atoms with van der Waals surface area (Å²) in [6.07, 6.45) is 5.46. The van der Waals surface area contributed by atoms with Crippen LogP contribution < -0.4 is 11.1 Å².